The first-order chi connectivity index (χ1) is 15.9. The topological polar surface area (TPSA) is 81.9 Å². The third kappa shape index (κ3) is 4.85. The minimum Gasteiger partial charge on any atom is -0.497 e. The lowest BCUT2D eigenvalue weighted by Gasteiger charge is -2.24. The number of aryl methyl sites for hydroxylation is 1. The molecule has 7 nitrogen and oxygen atoms in total. The Hall–Kier alpha value is -3.78. The Bertz CT molecular complexity index is 1310. The number of sulfonamides is 1. The van der Waals surface area contributed by atoms with Gasteiger partial charge in [0.2, 0.25) is 5.89 Å². The zero-order valence-electron chi connectivity index (χ0n) is 18.6. The molecule has 0 aliphatic carbocycles. The van der Waals surface area contributed by atoms with Crippen molar-refractivity contribution in [2.45, 2.75) is 18.4 Å². The van der Waals surface area contributed by atoms with Gasteiger partial charge in [0.25, 0.3) is 10.0 Å². The summed E-state index contributed by atoms with van der Waals surface area (Å²) in [6.07, 6.45) is 1.47. The number of rotatable bonds is 8. The number of hydrogen-bond acceptors (Lipinski definition) is 6. The Morgan fingerprint density at radius 1 is 0.848 bits per heavy atom. The van der Waals surface area contributed by atoms with Gasteiger partial charge in [-0.15, -0.1) is 0 Å². The molecule has 0 aliphatic rings. The SMILES string of the molecule is COc1ccc(-c2nc(CN(c3ccc(OC)cc3)S(=O)(=O)c3ccc(C)cc3)co2)cc1. The second-order valence-corrected chi connectivity index (χ2v) is 9.26. The van der Waals surface area contributed by atoms with Crippen LogP contribution in [0.5, 0.6) is 11.5 Å². The molecule has 0 saturated heterocycles. The maximum atomic E-state index is 13.6. The summed E-state index contributed by atoms with van der Waals surface area (Å²) in [5, 5.41) is 0. The number of anilines is 1. The molecule has 0 amide bonds. The quantitative estimate of drug-likeness (QED) is 0.362. The van der Waals surface area contributed by atoms with Crippen molar-refractivity contribution in [2.75, 3.05) is 18.5 Å². The van der Waals surface area contributed by atoms with E-state index >= 15 is 0 Å². The van der Waals surface area contributed by atoms with Crippen LogP contribution in [-0.4, -0.2) is 27.6 Å². The number of ether oxygens (including phenoxy) is 2. The van der Waals surface area contributed by atoms with Gasteiger partial charge in [-0.2, -0.15) is 0 Å². The molecule has 1 heterocycles. The molecule has 1 aromatic heterocycles. The zero-order valence-corrected chi connectivity index (χ0v) is 19.4. The fourth-order valence-corrected chi connectivity index (χ4v) is 4.73. The molecule has 0 radical (unpaired) electrons. The van der Waals surface area contributed by atoms with Crippen LogP contribution < -0.4 is 13.8 Å². The van der Waals surface area contributed by atoms with Gasteiger partial charge in [-0.25, -0.2) is 13.4 Å². The third-order valence-corrected chi connectivity index (χ3v) is 6.95. The van der Waals surface area contributed by atoms with Crippen LogP contribution in [0.25, 0.3) is 11.5 Å². The normalized spacial score (nSPS) is 11.2. The highest BCUT2D eigenvalue weighted by atomic mass is 32.2. The Morgan fingerprint density at radius 2 is 1.42 bits per heavy atom. The summed E-state index contributed by atoms with van der Waals surface area (Å²) in [6.45, 7) is 1.91. The van der Waals surface area contributed by atoms with Crippen LogP contribution in [-0.2, 0) is 16.6 Å². The molecule has 0 N–H and O–H groups in total. The molecule has 0 bridgehead atoms. The molecule has 0 saturated carbocycles. The molecule has 8 heteroatoms. The molecule has 0 aliphatic heterocycles. The minimum absolute atomic E-state index is 0.00218. The van der Waals surface area contributed by atoms with Crippen molar-refractivity contribution in [3.05, 3.63) is 90.3 Å². The van der Waals surface area contributed by atoms with E-state index in [1.807, 2.05) is 31.2 Å². The number of benzene rings is 3. The lowest BCUT2D eigenvalue weighted by Crippen LogP contribution is -2.30. The summed E-state index contributed by atoms with van der Waals surface area (Å²) in [4.78, 5) is 4.72. The van der Waals surface area contributed by atoms with E-state index in [9.17, 15) is 8.42 Å². The average molecular weight is 465 g/mol. The van der Waals surface area contributed by atoms with Gasteiger partial charge in [0.15, 0.2) is 0 Å². The number of methoxy groups -OCH3 is 2. The Balaban J connectivity index is 1.69. The zero-order chi connectivity index (χ0) is 23.4. The largest absolute Gasteiger partial charge is 0.497 e. The van der Waals surface area contributed by atoms with E-state index in [0.717, 1.165) is 16.9 Å². The molecule has 4 aromatic rings. The summed E-state index contributed by atoms with van der Waals surface area (Å²) >= 11 is 0. The first-order valence-corrected chi connectivity index (χ1v) is 11.7. The third-order valence-electron chi connectivity index (χ3n) is 5.16. The van der Waals surface area contributed by atoms with Crippen molar-refractivity contribution < 1.29 is 22.3 Å². The van der Waals surface area contributed by atoms with Crippen LogP contribution in [0, 0.1) is 6.92 Å². The van der Waals surface area contributed by atoms with Gasteiger partial charge >= 0.3 is 0 Å². The first-order valence-electron chi connectivity index (χ1n) is 10.2. The Labute approximate surface area is 193 Å². The molecular weight excluding hydrogens is 440 g/mol. The summed E-state index contributed by atoms with van der Waals surface area (Å²) in [5.41, 5.74) is 2.71. The summed E-state index contributed by atoms with van der Waals surface area (Å²) in [6, 6.07) is 20.9. The second-order valence-electron chi connectivity index (χ2n) is 7.40. The van der Waals surface area contributed by atoms with Gasteiger partial charge < -0.3 is 13.9 Å². The molecule has 33 heavy (non-hydrogen) atoms. The van der Waals surface area contributed by atoms with E-state index < -0.39 is 10.0 Å². The Kier molecular flexibility index (Phi) is 6.37. The van der Waals surface area contributed by atoms with E-state index in [1.54, 1.807) is 62.8 Å². The van der Waals surface area contributed by atoms with Gasteiger partial charge in [0, 0.05) is 5.56 Å². The van der Waals surface area contributed by atoms with Gasteiger partial charge in [-0.1, -0.05) is 17.7 Å². The highest BCUT2D eigenvalue weighted by Crippen LogP contribution is 2.29. The molecule has 0 fully saturated rings. The predicted molar refractivity (Wildman–Crippen MR) is 126 cm³/mol. The van der Waals surface area contributed by atoms with Crippen molar-refractivity contribution in [2.24, 2.45) is 0 Å². The van der Waals surface area contributed by atoms with Crippen LogP contribution >= 0.6 is 0 Å². The van der Waals surface area contributed by atoms with Gasteiger partial charge in [-0.3, -0.25) is 4.31 Å². The number of oxazole rings is 1. The molecule has 0 atom stereocenters. The molecule has 3 aromatic carbocycles. The van der Waals surface area contributed by atoms with E-state index in [4.69, 9.17) is 13.9 Å². The standard InChI is InChI=1S/C25H24N2O5S/c1-18-4-14-24(15-5-18)33(28,29)27(21-8-12-23(31-3)13-9-21)16-20-17-32-25(26-20)19-6-10-22(30-2)11-7-19/h4-15,17H,16H2,1-3H3. The van der Waals surface area contributed by atoms with Crippen molar-refractivity contribution in [1.82, 2.24) is 4.98 Å². The van der Waals surface area contributed by atoms with E-state index in [0.29, 0.717) is 23.0 Å². The second kappa shape index (κ2) is 9.38. The number of hydrogen-bond donors (Lipinski definition) is 0. The average Bonchev–Trinajstić information content (AvgIpc) is 3.32. The smallest absolute Gasteiger partial charge is 0.264 e. The van der Waals surface area contributed by atoms with Crippen LogP contribution in [0.15, 0.2) is 88.4 Å². The fraction of sp³-hybridized carbons (Fsp3) is 0.160. The Morgan fingerprint density at radius 3 is 2.00 bits per heavy atom. The molecular formula is C25H24N2O5S. The van der Waals surface area contributed by atoms with Crippen molar-refractivity contribution in [3.63, 3.8) is 0 Å². The lowest BCUT2D eigenvalue weighted by atomic mass is 10.2. The van der Waals surface area contributed by atoms with Crippen LogP contribution in [0.2, 0.25) is 0 Å². The van der Waals surface area contributed by atoms with E-state index in [-0.39, 0.29) is 11.4 Å². The molecule has 0 unspecified atom stereocenters. The summed E-state index contributed by atoms with van der Waals surface area (Å²) in [5.74, 6) is 1.75. The van der Waals surface area contributed by atoms with Crippen LogP contribution in [0.3, 0.4) is 0 Å². The van der Waals surface area contributed by atoms with Gasteiger partial charge in [0.1, 0.15) is 23.5 Å². The molecule has 4 rings (SSSR count). The molecule has 0 spiro atoms. The maximum absolute atomic E-state index is 13.6. The van der Waals surface area contributed by atoms with Crippen molar-refractivity contribution in [3.8, 4) is 23.0 Å². The maximum Gasteiger partial charge on any atom is 0.264 e. The van der Waals surface area contributed by atoms with Gasteiger partial charge in [0.05, 0.1) is 31.3 Å². The van der Waals surface area contributed by atoms with E-state index in [1.165, 1.54) is 10.6 Å². The highest BCUT2D eigenvalue weighted by molar-refractivity contribution is 7.92. The summed E-state index contributed by atoms with van der Waals surface area (Å²) in [7, 11) is -0.700. The number of nitrogens with zero attached hydrogens (tertiary/aromatic N) is 2. The highest BCUT2D eigenvalue weighted by Gasteiger charge is 2.26. The minimum atomic E-state index is -3.86. The monoisotopic (exact) mass is 464 g/mol. The first kappa shape index (κ1) is 22.4. The van der Waals surface area contributed by atoms with Gasteiger partial charge in [-0.05, 0) is 67.6 Å². The predicted octanol–water partition coefficient (Wildman–Crippen LogP) is 5.06. The lowest BCUT2D eigenvalue weighted by molar-refractivity contribution is 0.414. The summed E-state index contributed by atoms with van der Waals surface area (Å²) < 4.78 is 44.5. The van der Waals surface area contributed by atoms with Crippen LogP contribution in [0.4, 0.5) is 5.69 Å². The van der Waals surface area contributed by atoms with E-state index in [2.05, 4.69) is 4.98 Å². The fourth-order valence-electron chi connectivity index (χ4n) is 3.29. The van der Waals surface area contributed by atoms with Crippen molar-refractivity contribution >= 4 is 15.7 Å². The molecule has 170 valence electrons. The van der Waals surface area contributed by atoms with Crippen molar-refractivity contribution in [1.29, 1.82) is 0 Å². The number of aromatic nitrogens is 1. The van der Waals surface area contributed by atoms with Crippen LogP contribution in [0.1, 0.15) is 11.3 Å².